The summed E-state index contributed by atoms with van der Waals surface area (Å²) < 4.78 is 47.3. The first-order chi connectivity index (χ1) is 14.3. The Morgan fingerprint density at radius 2 is 2.00 bits per heavy atom. The third kappa shape index (κ3) is 3.87. The lowest BCUT2D eigenvalue weighted by Gasteiger charge is -2.33. The van der Waals surface area contributed by atoms with Crippen LogP contribution >= 0.6 is 0 Å². The van der Waals surface area contributed by atoms with E-state index in [0.29, 0.717) is 47.3 Å². The highest BCUT2D eigenvalue weighted by molar-refractivity contribution is 5.91. The van der Waals surface area contributed by atoms with Crippen LogP contribution in [0.2, 0.25) is 0 Å². The van der Waals surface area contributed by atoms with Gasteiger partial charge in [0, 0.05) is 17.8 Å². The van der Waals surface area contributed by atoms with Crippen LogP contribution in [-0.4, -0.2) is 39.7 Å². The number of rotatable bonds is 4. The van der Waals surface area contributed by atoms with Crippen LogP contribution < -0.4 is 4.74 Å². The molecule has 3 aromatic rings. The molecule has 8 heteroatoms. The van der Waals surface area contributed by atoms with Gasteiger partial charge in [-0.15, -0.1) is 0 Å². The van der Waals surface area contributed by atoms with Gasteiger partial charge in [-0.05, 0) is 49.4 Å². The number of fused-ring (bicyclic) bond motifs is 2. The van der Waals surface area contributed by atoms with E-state index < -0.39 is 24.1 Å². The standard InChI is InChI=1S/C22H20F3N3O2/c1-14-26-12-17-18(6-4-7-19(17)28-14)27-13-21(29,22(23,24)25)11-15-9-10-30-20-8-3-2-5-16(15)20/h2-8,12-13,15,29H,9-11H2,1H3. The molecule has 0 amide bonds. The number of halogens is 3. The molecule has 0 saturated carbocycles. The first kappa shape index (κ1) is 20.3. The lowest BCUT2D eigenvalue weighted by atomic mass is 9.82. The molecule has 0 bridgehead atoms. The Kier molecular flexibility index (Phi) is 5.19. The molecule has 2 atom stereocenters. The van der Waals surface area contributed by atoms with Crippen LogP contribution in [0.3, 0.4) is 0 Å². The largest absolute Gasteiger partial charge is 0.493 e. The Hall–Kier alpha value is -3.00. The average molecular weight is 415 g/mol. The van der Waals surface area contributed by atoms with Gasteiger partial charge in [0.25, 0.3) is 0 Å². The molecular formula is C22H20F3N3O2. The normalized spacial score (nSPS) is 18.8. The molecule has 5 nitrogen and oxygen atoms in total. The Bertz CT molecular complexity index is 1100. The molecule has 2 aromatic carbocycles. The number of hydrogen-bond donors (Lipinski definition) is 1. The summed E-state index contributed by atoms with van der Waals surface area (Å²) in [6, 6.07) is 11.9. The van der Waals surface area contributed by atoms with Crippen molar-refractivity contribution in [2.24, 2.45) is 4.99 Å². The number of ether oxygens (including phenoxy) is 1. The lowest BCUT2D eigenvalue weighted by molar-refractivity contribution is -0.232. The van der Waals surface area contributed by atoms with Crippen molar-refractivity contribution in [2.75, 3.05) is 6.61 Å². The van der Waals surface area contributed by atoms with E-state index in [0.717, 1.165) is 0 Å². The van der Waals surface area contributed by atoms with Gasteiger partial charge in [-0.25, -0.2) is 9.97 Å². The second-order valence-corrected chi connectivity index (χ2v) is 7.38. The number of aliphatic imine (C=N–C) groups is 1. The number of aliphatic hydroxyl groups is 1. The van der Waals surface area contributed by atoms with Gasteiger partial charge in [-0.3, -0.25) is 4.99 Å². The molecule has 2 heterocycles. The van der Waals surface area contributed by atoms with Gasteiger partial charge in [-0.2, -0.15) is 13.2 Å². The Balaban J connectivity index is 1.69. The van der Waals surface area contributed by atoms with Crippen molar-refractivity contribution in [1.29, 1.82) is 0 Å². The zero-order valence-electron chi connectivity index (χ0n) is 16.2. The quantitative estimate of drug-likeness (QED) is 0.616. The topological polar surface area (TPSA) is 67.6 Å². The van der Waals surface area contributed by atoms with E-state index in [1.54, 1.807) is 49.4 Å². The summed E-state index contributed by atoms with van der Waals surface area (Å²) in [6.45, 7) is 2.02. The summed E-state index contributed by atoms with van der Waals surface area (Å²) in [6.07, 6.45) is -2.93. The van der Waals surface area contributed by atoms with Crippen molar-refractivity contribution in [3.05, 3.63) is 60.0 Å². The highest BCUT2D eigenvalue weighted by Gasteiger charge is 2.54. The van der Waals surface area contributed by atoms with Gasteiger partial charge in [0.1, 0.15) is 11.6 Å². The number of nitrogens with zero attached hydrogens (tertiary/aromatic N) is 3. The van der Waals surface area contributed by atoms with Crippen LogP contribution in [0.5, 0.6) is 5.75 Å². The van der Waals surface area contributed by atoms with Crippen LogP contribution in [0.4, 0.5) is 18.9 Å². The summed E-state index contributed by atoms with van der Waals surface area (Å²) in [4.78, 5) is 12.4. The second kappa shape index (κ2) is 7.68. The van der Waals surface area contributed by atoms with Gasteiger partial charge in [0.15, 0.2) is 5.60 Å². The summed E-state index contributed by atoms with van der Waals surface area (Å²) >= 11 is 0. The summed E-state index contributed by atoms with van der Waals surface area (Å²) in [5.41, 5.74) is -1.59. The Morgan fingerprint density at radius 3 is 2.80 bits per heavy atom. The van der Waals surface area contributed by atoms with Gasteiger partial charge < -0.3 is 9.84 Å². The van der Waals surface area contributed by atoms with E-state index in [-0.39, 0.29) is 5.69 Å². The predicted molar refractivity (Wildman–Crippen MR) is 107 cm³/mol. The minimum atomic E-state index is -4.89. The van der Waals surface area contributed by atoms with Gasteiger partial charge in [0.05, 0.1) is 17.8 Å². The first-order valence-electron chi connectivity index (χ1n) is 9.55. The molecule has 0 saturated heterocycles. The van der Waals surface area contributed by atoms with Crippen molar-refractivity contribution < 1.29 is 23.0 Å². The zero-order valence-corrected chi connectivity index (χ0v) is 16.2. The fraction of sp³-hybridized carbons (Fsp3) is 0.318. The smallest absolute Gasteiger partial charge is 0.422 e. The first-order valence-corrected chi connectivity index (χ1v) is 9.55. The van der Waals surface area contributed by atoms with E-state index in [4.69, 9.17) is 4.74 Å². The molecule has 2 unspecified atom stereocenters. The fourth-order valence-electron chi connectivity index (χ4n) is 3.67. The fourth-order valence-corrected chi connectivity index (χ4v) is 3.67. The molecule has 4 rings (SSSR count). The van der Waals surface area contributed by atoms with E-state index >= 15 is 0 Å². The third-order valence-corrected chi connectivity index (χ3v) is 5.27. The molecule has 1 aliphatic heterocycles. The van der Waals surface area contributed by atoms with E-state index in [2.05, 4.69) is 15.0 Å². The van der Waals surface area contributed by atoms with Gasteiger partial charge >= 0.3 is 6.18 Å². The number of aromatic nitrogens is 2. The molecular weight excluding hydrogens is 395 g/mol. The second-order valence-electron chi connectivity index (χ2n) is 7.38. The van der Waals surface area contributed by atoms with Crippen LogP contribution in [0.25, 0.3) is 10.9 Å². The SMILES string of the molecule is Cc1ncc2c(N=CC(O)(CC3CCOc4ccccc43)C(F)(F)F)cccc2n1. The van der Waals surface area contributed by atoms with Crippen molar-refractivity contribution in [1.82, 2.24) is 9.97 Å². The maximum absolute atomic E-state index is 13.9. The maximum Gasteiger partial charge on any atom is 0.422 e. The van der Waals surface area contributed by atoms with Crippen molar-refractivity contribution in [3.63, 3.8) is 0 Å². The summed E-state index contributed by atoms with van der Waals surface area (Å²) in [7, 11) is 0. The highest BCUT2D eigenvalue weighted by atomic mass is 19.4. The highest BCUT2D eigenvalue weighted by Crippen LogP contribution is 2.43. The third-order valence-electron chi connectivity index (χ3n) is 5.27. The molecule has 0 spiro atoms. The number of alkyl halides is 3. The number of benzene rings is 2. The molecule has 1 N–H and O–H groups in total. The zero-order chi connectivity index (χ0) is 21.4. The molecule has 1 aliphatic rings. The van der Waals surface area contributed by atoms with E-state index in [9.17, 15) is 18.3 Å². The lowest BCUT2D eigenvalue weighted by Crippen LogP contribution is -2.48. The van der Waals surface area contributed by atoms with E-state index in [1.165, 1.54) is 6.20 Å². The summed E-state index contributed by atoms with van der Waals surface area (Å²) in [5.74, 6) is 0.594. The van der Waals surface area contributed by atoms with Crippen molar-refractivity contribution in [2.45, 2.75) is 37.5 Å². The minimum Gasteiger partial charge on any atom is -0.493 e. The van der Waals surface area contributed by atoms with Crippen LogP contribution in [0.1, 0.15) is 30.1 Å². The average Bonchev–Trinajstić information content (AvgIpc) is 2.71. The minimum absolute atomic E-state index is 0.266. The molecule has 0 fully saturated rings. The number of para-hydroxylation sites is 1. The Morgan fingerprint density at radius 1 is 1.20 bits per heavy atom. The summed E-state index contributed by atoms with van der Waals surface area (Å²) in [5, 5.41) is 11.2. The molecule has 156 valence electrons. The Labute approximate surface area is 171 Å². The van der Waals surface area contributed by atoms with Crippen LogP contribution in [0, 0.1) is 6.92 Å². The monoisotopic (exact) mass is 415 g/mol. The van der Waals surface area contributed by atoms with Crippen LogP contribution in [-0.2, 0) is 0 Å². The maximum atomic E-state index is 13.9. The van der Waals surface area contributed by atoms with Crippen LogP contribution in [0.15, 0.2) is 53.7 Å². The van der Waals surface area contributed by atoms with E-state index in [1.807, 2.05) is 0 Å². The molecule has 30 heavy (non-hydrogen) atoms. The number of aryl methyl sites for hydroxylation is 1. The predicted octanol–water partition coefficient (Wildman–Crippen LogP) is 4.89. The van der Waals surface area contributed by atoms with Gasteiger partial charge in [0.2, 0.25) is 0 Å². The molecule has 0 aliphatic carbocycles. The van der Waals surface area contributed by atoms with Gasteiger partial charge in [-0.1, -0.05) is 24.3 Å². The van der Waals surface area contributed by atoms with Crippen molar-refractivity contribution in [3.8, 4) is 5.75 Å². The molecule has 1 aromatic heterocycles. The number of hydrogen-bond acceptors (Lipinski definition) is 5. The molecule has 0 radical (unpaired) electrons. The van der Waals surface area contributed by atoms with Crippen molar-refractivity contribution >= 4 is 22.8 Å².